The lowest BCUT2D eigenvalue weighted by Crippen LogP contribution is -2.10. The van der Waals surface area contributed by atoms with Crippen LogP contribution in [0.4, 0.5) is 0 Å². The minimum absolute atomic E-state index is 0.0216. The Labute approximate surface area is 96.1 Å². The maximum absolute atomic E-state index is 10.7. The molecule has 0 spiro atoms. The number of carboxylic acid groups (broad SMARTS) is 1. The lowest BCUT2D eigenvalue weighted by atomic mass is 10.1. The van der Waals surface area contributed by atoms with E-state index < -0.39 is 5.97 Å². The molecule has 0 aromatic heterocycles. The highest BCUT2D eigenvalue weighted by molar-refractivity contribution is 5.67. The summed E-state index contributed by atoms with van der Waals surface area (Å²) in [5, 5.41) is 8.82. The van der Waals surface area contributed by atoms with Crippen LogP contribution in [0.25, 0.3) is 0 Å². The van der Waals surface area contributed by atoms with E-state index in [9.17, 15) is 4.79 Å². The van der Waals surface area contributed by atoms with Gasteiger partial charge in [0.25, 0.3) is 0 Å². The van der Waals surface area contributed by atoms with Crippen LogP contribution in [0.3, 0.4) is 0 Å². The van der Waals surface area contributed by atoms with E-state index in [1.54, 1.807) is 0 Å². The lowest BCUT2D eigenvalue weighted by molar-refractivity contribution is -0.140. The zero-order valence-electron chi connectivity index (χ0n) is 9.56. The molecule has 16 heavy (non-hydrogen) atoms. The smallest absolute Gasteiger partial charge is 0.306 e. The number of unbranched alkanes of at least 4 members (excludes halogenated alkanes) is 1. The van der Waals surface area contributed by atoms with Gasteiger partial charge in [-0.1, -0.05) is 43.7 Å². The minimum atomic E-state index is -0.828. The third-order valence-corrected chi connectivity index (χ3v) is 2.35. The van der Waals surface area contributed by atoms with Crippen LogP contribution in [-0.2, 0) is 9.53 Å². The zero-order chi connectivity index (χ0) is 11.8. The van der Waals surface area contributed by atoms with Crippen LogP contribution < -0.4 is 0 Å². The first-order valence-corrected chi connectivity index (χ1v) is 5.62. The van der Waals surface area contributed by atoms with E-state index in [2.05, 4.69) is 6.92 Å². The second-order valence-corrected chi connectivity index (χ2v) is 3.72. The summed E-state index contributed by atoms with van der Waals surface area (Å²) < 4.78 is 5.60. The fourth-order valence-electron chi connectivity index (χ4n) is 1.47. The van der Waals surface area contributed by atoms with E-state index in [-0.39, 0.29) is 12.5 Å². The number of rotatable bonds is 7. The van der Waals surface area contributed by atoms with Gasteiger partial charge in [0.2, 0.25) is 0 Å². The summed E-state index contributed by atoms with van der Waals surface area (Å²) in [7, 11) is 0. The molecule has 0 aliphatic rings. The number of benzene rings is 1. The van der Waals surface area contributed by atoms with E-state index in [0.29, 0.717) is 6.61 Å². The summed E-state index contributed by atoms with van der Waals surface area (Å²) in [6, 6.07) is 9.51. The second kappa shape index (κ2) is 7.01. The van der Waals surface area contributed by atoms with Gasteiger partial charge in [-0.3, -0.25) is 4.79 Å². The molecule has 1 aromatic carbocycles. The molecule has 3 heteroatoms. The van der Waals surface area contributed by atoms with Gasteiger partial charge in [-0.2, -0.15) is 0 Å². The number of hydrogen-bond acceptors (Lipinski definition) is 2. The first-order chi connectivity index (χ1) is 7.74. The van der Waals surface area contributed by atoms with Gasteiger partial charge in [0.15, 0.2) is 0 Å². The molecule has 1 unspecified atom stereocenters. The lowest BCUT2D eigenvalue weighted by Gasteiger charge is -2.16. The molecule has 0 bridgehead atoms. The molecule has 0 radical (unpaired) electrons. The number of ether oxygens (including phenoxy) is 1. The highest BCUT2D eigenvalue weighted by atomic mass is 16.5. The first kappa shape index (κ1) is 12.7. The largest absolute Gasteiger partial charge is 0.481 e. The molecule has 0 saturated heterocycles. The van der Waals surface area contributed by atoms with Gasteiger partial charge in [0, 0.05) is 6.61 Å². The van der Waals surface area contributed by atoms with Crippen molar-refractivity contribution in [3.8, 4) is 0 Å². The SMILES string of the molecule is CCCCOC(CC(=O)O)c1ccccc1. The van der Waals surface area contributed by atoms with Crippen molar-refractivity contribution in [3.63, 3.8) is 0 Å². The summed E-state index contributed by atoms with van der Waals surface area (Å²) in [5.41, 5.74) is 0.931. The average Bonchev–Trinajstić information content (AvgIpc) is 2.29. The monoisotopic (exact) mass is 222 g/mol. The van der Waals surface area contributed by atoms with Crippen LogP contribution >= 0.6 is 0 Å². The van der Waals surface area contributed by atoms with Gasteiger partial charge in [-0.15, -0.1) is 0 Å². The fraction of sp³-hybridized carbons (Fsp3) is 0.462. The predicted octanol–water partition coefficient (Wildman–Crippen LogP) is 3.02. The average molecular weight is 222 g/mol. The quantitative estimate of drug-likeness (QED) is 0.721. The Balaban J connectivity index is 2.60. The Morgan fingerprint density at radius 3 is 2.62 bits per heavy atom. The van der Waals surface area contributed by atoms with Gasteiger partial charge >= 0.3 is 5.97 Å². The molecule has 1 aromatic rings. The molecule has 1 N–H and O–H groups in total. The summed E-state index contributed by atoms with van der Waals surface area (Å²) in [5.74, 6) is -0.828. The summed E-state index contributed by atoms with van der Waals surface area (Å²) in [4.78, 5) is 10.7. The van der Waals surface area contributed by atoms with E-state index in [0.717, 1.165) is 18.4 Å². The molecule has 0 aliphatic heterocycles. The maximum Gasteiger partial charge on any atom is 0.306 e. The Morgan fingerprint density at radius 1 is 1.38 bits per heavy atom. The van der Waals surface area contributed by atoms with Crippen molar-refractivity contribution in [2.45, 2.75) is 32.3 Å². The van der Waals surface area contributed by atoms with E-state index in [4.69, 9.17) is 9.84 Å². The van der Waals surface area contributed by atoms with E-state index >= 15 is 0 Å². The Hall–Kier alpha value is -1.35. The van der Waals surface area contributed by atoms with Crippen LogP contribution in [-0.4, -0.2) is 17.7 Å². The highest BCUT2D eigenvalue weighted by Crippen LogP contribution is 2.21. The van der Waals surface area contributed by atoms with Crippen molar-refractivity contribution >= 4 is 5.97 Å². The molecule has 1 atom stereocenters. The molecule has 0 amide bonds. The minimum Gasteiger partial charge on any atom is -0.481 e. The molecule has 0 heterocycles. The Morgan fingerprint density at radius 2 is 2.06 bits per heavy atom. The van der Waals surface area contributed by atoms with Crippen molar-refractivity contribution in [3.05, 3.63) is 35.9 Å². The zero-order valence-corrected chi connectivity index (χ0v) is 9.56. The van der Waals surface area contributed by atoms with Crippen LogP contribution in [0.15, 0.2) is 30.3 Å². The predicted molar refractivity (Wildman–Crippen MR) is 62.3 cm³/mol. The van der Waals surface area contributed by atoms with Crippen molar-refractivity contribution in [1.29, 1.82) is 0 Å². The van der Waals surface area contributed by atoms with Gasteiger partial charge in [0.05, 0.1) is 12.5 Å². The van der Waals surface area contributed by atoms with Crippen LogP contribution in [0.2, 0.25) is 0 Å². The van der Waals surface area contributed by atoms with Crippen molar-refractivity contribution in [2.75, 3.05) is 6.61 Å². The van der Waals surface area contributed by atoms with Gasteiger partial charge in [-0.05, 0) is 12.0 Å². The Bertz CT molecular complexity index is 308. The van der Waals surface area contributed by atoms with Crippen LogP contribution in [0.5, 0.6) is 0 Å². The topological polar surface area (TPSA) is 46.5 Å². The normalized spacial score (nSPS) is 12.3. The second-order valence-electron chi connectivity index (χ2n) is 3.72. The van der Waals surface area contributed by atoms with Gasteiger partial charge < -0.3 is 9.84 Å². The van der Waals surface area contributed by atoms with E-state index in [1.807, 2.05) is 30.3 Å². The standard InChI is InChI=1S/C13H18O3/c1-2-3-9-16-12(10-13(14)15)11-7-5-4-6-8-11/h4-8,12H,2-3,9-10H2,1H3,(H,14,15). The summed E-state index contributed by atoms with van der Waals surface area (Å²) in [6.07, 6.45) is 1.70. The molecule has 0 aliphatic carbocycles. The summed E-state index contributed by atoms with van der Waals surface area (Å²) >= 11 is 0. The van der Waals surface area contributed by atoms with Gasteiger partial charge in [-0.25, -0.2) is 0 Å². The Kier molecular flexibility index (Phi) is 5.57. The van der Waals surface area contributed by atoms with E-state index in [1.165, 1.54) is 0 Å². The molecular weight excluding hydrogens is 204 g/mol. The number of aliphatic carboxylic acids is 1. The van der Waals surface area contributed by atoms with Crippen LogP contribution in [0, 0.1) is 0 Å². The highest BCUT2D eigenvalue weighted by Gasteiger charge is 2.15. The molecule has 0 fully saturated rings. The van der Waals surface area contributed by atoms with Crippen molar-refractivity contribution < 1.29 is 14.6 Å². The van der Waals surface area contributed by atoms with Crippen molar-refractivity contribution in [2.24, 2.45) is 0 Å². The molecule has 0 saturated carbocycles. The fourth-order valence-corrected chi connectivity index (χ4v) is 1.47. The number of hydrogen-bond donors (Lipinski definition) is 1. The first-order valence-electron chi connectivity index (χ1n) is 5.62. The maximum atomic E-state index is 10.7. The summed E-state index contributed by atoms with van der Waals surface area (Å²) in [6.45, 7) is 2.70. The third-order valence-electron chi connectivity index (χ3n) is 2.35. The molecule has 3 nitrogen and oxygen atoms in total. The molecular formula is C13H18O3. The van der Waals surface area contributed by atoms with Gasteiger partial charge in [0.1, 0.15) is 0 Å². The third kappa shape index (κ3) is 4.45. The molecule has 88 valence electrons. The van der Waals surface area contributed by atoms with Crippen LogP contribution in [0.1, 0.15) is 37.9 Å². The van der Waals surface area contributed by atoms with Crippen molar-refractivity contribution in [1.82, 2.24) is 0 Å². The number of carbonyl (C=O) groups is 1. The number of carboxylic acids is 1. The molecule has 1 rings (SSSR count).